The molecule has 1 heterocycles. The summed E-state index contributed by atoms with van der Waals surface area (Å²) >= 11 is 0. The molecule has 1 aliphatic heterocycles. The topological polar surface area (TPSA) is 18.5 Å². The van der Waals surface area contributed by atoms with Crippen molar-refractivity contribution in [2.75, 3.05) is 13.2 Å². The number of fused-ring (bicyclic) bond motifs is 1. The summed E-state index contributed by atoms with van der Waals surface area (Å²) < 4.78 is 11.7. The lowest BCUT2D eigenvalue weighted by Crippen LogP contribution is -2.43. The van der Waals surface area contributed by atoms with E-state index in [0.717, 1.165) is 32.3 Å². The lowest BCUT2D eigenvalue weighted by molar-refractivity contribution is -0.243. The summed E-state index contributed by atoms with van der Waals surface area (Å²) in [6.07, 6.45) is 10.7. The van der Waals surface area contributed by atoms with Gasteiger partial charge in [0, 0.05) is 24.9 Å². The molecule has 14 heavy (non-hydrogen) atoms. The van der Waals surface area contributed by atoms with Crippen LogP contribution < -0.4 is 0 Å². The molecule has 2 unspecified atom stereocenters. The highest BCUT2D eigenvalue weighted by atomic mass is 16.7. The van der Waals surface area contributed by atoms with Crippen molar-refractivity contribution >= 4 is 0 Å². The van der Waals surface area contributed by atoms with Crippen molar-refractivity contribution in [1.82, 2.24) is 0 Å². The van der Waals surface area contributed by atoms with Crippen molar-refractivity contribution in [3.8, 4) is 12.3 Å². The molecule has 0 bridgehead atoms. The molecule has 78 valence electrons. The van der Waals surface area contributed by atoms with Gasteiger partial charge < -0.3 is 9.47 Å². The number of rotatable bonds is 3. The predicted molar refractivity (Wildman–Crippen MR) is 54.7 cm³/mol. The van der Waals surface area contributed by atoms with Crippen LogP contribution in [0.2, 0.25) is 0 Å². The van der Waals surface area contributed by atoms with Crippen molar-refractivity contribution in [2.24, 2.45) is 5.41 Å². The van der Waals surface area contributed by atoms with E-state index in [2.05, 4.69) is 5.92 Å². The summed E-state index contributed by atoms with van der Waals surface area (Å²) in [6.45, 7) is 3.55. The minimum Gasteiger partial charge on any atom is -0.350 e. The fourth-order valence-electron chi connectivity index (χ4n) is 3.07. The maximum absolute atomic E-state index is 5.85. The van der Waals surface area contributed by atoms with Gasteiger partial charge in [-0.3, -0.25) is 0 Å². The van der Waals surface area contributed by atoms with Crippen LogP contribution in [0.25, 0.3) is 0 Å². The van der Waals surface area contributed by atoms with E-state index in [4.69, 9.17) is 15.9 Å². The van der Waals surface area contributed by atoms with Gasteiger partial charge in [0.05, 0.1) is 6.61 Å². The van der Waals surface area contributed by atoms with Crippen LogP contribution >= 0.6 is 0 Å². The summed E-state index contributed by atoms with van der Waals surface area (Å²) in [4.78, 5) is 0. The quantitative estimate of drug-likeness (QED) is 0.642. The van der Waals surface area contributed by atoms with E-state index in [-0.39, 0.29) is 11.2 Å². The maximum atomic E-state index is 5.85. The Bertz CT molecular complexity index is 242. The first kappa shape index (κ1) is 10.0. The standard InChI is InChI=1S/C12H18O2/c1-3-6-11-7-5-8-12(11,13-4-2)14-10-9-11/h1H,4-10H2,2H3. The monoisotopic (exact) mass is 194 g/mol. The molecule has 0 spiro atoms. The fraction of sp³-hybridized carbons (Fsp3) is 0.833. The fourth-order valence-corrected chi connectivity index (χ4v) is 3.07. The number of ether oxygens (including phenoxy) is 2. The molecule has 0 radical (unpaired) electrons. The minimum absolute atomic E-state index is 0.123. The smallest absolute Gasteiger partial charge is 0.174 e. The molecule has 0 aromatic carbocycles. The van der Waals surface area contributed by atoms with Crippen molar-refractivity contribution in [3.05, 3.63) is 0 Å². The predicted octanol–water partition coefficient (Wildman–Crippen LogP) is 2.33. The van der Waals surface area contributed by atoms with E-state index in [1.165, 1.54) is 6.42 Å². The zero-order chi connectivity index (χ0) is 10.1. The van der Waals surface area contributed by atoms with Crippen LogP contribution in [0.15, 0.2) is 0 Å². The van der Waals surface area contributed by atoms with Crippen LogP contribution in [0, 0.1) is 17.8 Å². The molecular weight excluding hydrogens is 176 g/mol. The van der Waals surface area contributed by atoms with Crippen LogP contribution in [0.1, 0.15) is 39.0 Å². The van der Waals surface area contributed by atoms with Crippen molar-refractivity contribution in [1.29, 1.82) is 0 Å². The van der Waals surface area contributed by atoms with E-state index in [1.807, 2.05) is 6.92 Å². The molecule has 1 saturated carbocycles. The van der Waals surface area contributed by atoms with Crippen LogP contribution in [0.3, 0.4) is 0 Å². The lowest BCUT2D eigenvalue weighted by Gasteiger charge is -2.37. The Morgan fingerprint density at radius 1 is 1.43 bits per heavy atom. The Balaban J connectivity index is 2.24. The molecule has 2 nitrogen and oxygen atoms in total. The molecule has 2 fully saturated rings. The number of hydrogen-bond donors (Lipinski definition) is 0. The first-order valence-electron chi connectivity index (χ1n) is 5.50. The van der Waals surface area contributed by atoms with Crippen molar-refractivity contribution in [3.63, 3.8) is 0 Å². The molecular formula is C12H18O2. The molecule has 2 aliphatic rings. The Hall–Kier alpha value is -0.520. The molecule has 2 atom stereocenters. The third-order valence-electron chi connectivity index (χ3n) is 3.70. The average molecular weight is 194 g/mol. The first-order chi connectivity index (χ1) is 6.79. The molecule has 2 heteroatoms. The second kappa shape index (κ2) is 3.56. The Labute approximate surface area is 86.0 Å². The summed E-state index contributed by atoms with van der Waals surface area (Å²) in [6, 6.07) is 0. The second-order valence-electron chi connectivity index (χ2n) is 4.30. The van der Waals surface area contributed by atoms with Gasteiger partial charge in [-0.15, -0.1) is 12.3 Å². The van der Waals surface area contributed by atoms with Crippen molar-refractivity contribution in [2.45, 2.75) is 44.8 Å². The zero-order valence-corrected chi connectivity index (χ0v) is 8.84. The Morgan fingerprint density at radius 2 is 2.29 bits per heavy atom. The normalized spacial score (nSPS) is 40.9. The number of hydrogen-bond acceptors (Lipinski definition) is 2. The lowest BCUT2D eigenvalue weighted by atomic mass is 9.77. The molecule has 0 amide bonds. The van der Waals surface area contributed by atoms with Gasteiger partial charge in [0.1, 0.15) is 0 Å². The second-order valence-corrected chi connectivity index (χ2v) is 4.30. The first-order valence-corrected chi connectivity index (χ1v) is 5.50. The SMILES string of the molecule is C#CCC12CCCC1(OCC)OCC2. The van der Waals surface area contributed by atoms with Gasteiger partial charge in [0.25, 0.3) is 0 Å². The maximum Gasteiger partial charge on any atom is 0.174 e. The van der Waals surface area contributed by atoms with E-state index >= 15 is 0 Å². The highest BCUT2D eigenvalue weighted by Crippen LogP contribution is 2.57. The van der Waals surface area contributed by atoms with Crippen LogP contribution in [-0.2, 0) is 9.47 Å². The molecule has 1 saturated heterocycles. The van der Waals surface area contributed by atoms with Gasteiger partial charge in [-0.05, 0) is 26.2 Å². The highest BCUT2D eigenvalue weighted by Gasteiger charge is 2.59. The van der Waals surface area contributed by atoms with E-state index in [9.17, 15) is 0 Å². The van der Waals surface area contributed by atoms with Crippen molar-refractivity contribution < 1.29 is 9.47 Å². The Morgan fingerprint density at radius 3 is 3.00 bits per heavy atom. The van der Waals surface area contributed by atoms with Gasteiger partial charge in [0.2, 0.25) is 0 Å². The van der Waals surface area contributed by atoms with Crippen LogP contribution in [-0.4, -0.2) is 19.0 Å². The van der Waals surface area contributed by atoms with Gasteiger partial charge in [-0.2, -0.15) is 0 Å². The largest absolute Gasteiger partial charge is 0.350 e. The Kier molecular flexibility index (Phi) is 2.55. The number of terminal acetylenes is 1. The average Bonchev–Trinajstić information content (AvgIpc) is 2.60. The molecule has 0 aromatic heterocycles. The molecule has 0 aromatic rings. The van der Waals surface area contributed by atoms with Crippen LogP contribution in [0.4, 0.5) is 0 Å². The summed E-state index contributed by atoms with van der Waals surface area (Å²) in [5.41, 5.74) is 0.123. The third kappa shape index (κ3) is 1.20. The summed E-state index contributed by atoms with van der Waals surface area (Å²) in [5, 5.41) is 0. The van der Waals surface area contributed by atoms with E-state index in [0.29, 0.717) is 6.61 Å². The van der Waals surface area contributed by atoms with Crippen LogP contribution in [0.5, 0.6) is 0 Å². The molecule has 0 N–H and O–H groups in total. The van der Waals surface area contributed by atoms with Gasteiger partial charge in [-0.25, -0.2) is 0 Å². The van der Waals surface area contributed by atoms with E-state index < -0.39 is 0 Å². The van der Waals surface area contributed by atoms with E-state index in [1.54, 1.807) is 0 Å². The third-order valence-corrected chi connectivity index (χ3v) is 3.70. The highest BCUT2D eigenvalue weighted by molar-refractivity contribution is 5.08. The molecule has 1 aliphatic carbocycles. The van der Waals surface area contributed by atoms with Gasteiger partial charge >= 0.3 is 0 Å². The zero-order valence-electron chi connectivity index (χ0n) is 8.84. The van der Waals surface area contributed by atoms with Gasteiger partial charge in [-0.1, -0.05) is 0 Å². The summed E-state index contributed by atoms with van der Waals surface area (Å²) in [5.74, 6) is 2.46. The minimum atomic E-state index is -0.339. The molecule has 2 rings (SSSR count). The summed E-state index contributed by atoms with van der Waals surface area (Å²) in [7, 11) is 0. The van der Waals surface area contributed by atoms with Gasteiger partial charge in [0.15, 0.2) is 5.79 Å².